The molecule has 0 aromatic carbocycles. The molecule has 0 aliphatic rings. The van der Waals surface area contributed by atoms with E-state index in [9.17, 15) is 4.79 Å². The quantitative estimate of drug-likeness (QED) is 0.847. The molecule has 0 unspecified atom stereocenters. The van der Waals surface area contributed by atoms with Crippen molar-refractivity contribution in [1.82, 2.24) is 15.2 Å². The van der Waals surface area contributed by atoms with E-state index in [1.807, 2.05) is 0 Å². The molecule has 84 valence electrons. The van der Waals surface area contributed by atoms with Crippen molar-refractivity contribution < 1.29 is 4.79 Å². The zero-order valence-electron chi connectivity index (χ0n) is 9.44. The average molecular weight is 228 g/mol. The first-order chi connectivity index (χ1) is 6.90. The average Bonchev–Trinajstić information content (AvgIpc) is 2.64. The molecule has 1 N–H and O–H groups in total. The van der Waals surface area contributed by atoms with E-state index in [0.717, 1.165) is 0 Å². The smallest absolute Gasteiger partial charge is 0.239 e. The molecule has 6 heteroatoms. The Morgan fingerprint density at radius 3 is 2.73 bits per heavy atom. The Kier molecular flexibility index (Phi) is 3.73. The SMILES string of the molecule is CN(C(=O)CSC(C)(C)C)c1ncn[nH]1. The Morgan fingerprint density at radius 1 is 1.60 bits per heavy atom. The first kappa shape index (κ1) is 12.0. The first-order valence-corrected chi connectivity index (χ1v) is 5.64. The third-order valence-corrected chi connectivity index (χ3v) is 2.98. The van der Waals surface area contributed by atoms with E-state index in [1.165, 1.54) is 11.2 Å². The fraction of sp³-hybridized carbons (Fsp3) is 0.667. The lowest BCUT2D eigenvalue weighted by Crippen LogP contribution is -2.30. The van der Waals surface area contributed by atoms with Crippen LogP contribution in [0.4, 0.5) is 5.95 Å². The molecule has 0 atom stereocenters. The Labute approximate surface area is 93.6 Å². The minimum absolute atomic E-state index is 0.0201. The third kappa shape index (κ3) is 3.91. The highest BCUT2D eigenvalue weighted by Crippen LogP contribution is 2.23. The van der Waals surface area contributed by atoms with E-state index in [4.69, 9.17) is 0 Å². The predicted octanol–water partition coefficient (Wildman–Crippen LogP) is 1.30. The van der Waals surface area contributed by atoms with Gasteiger partial charge in [-0.1, -0.05) is 20.8 Å². The number of hydrogen-bond donors (Lipinski definition) is 1. The van der Waals surface area contributed by atoms with Crippen molar-refractivity contribution in [1.29, 1.82) is 0 Å². The van der Waals surface area contributed by atoms with E-state index in [2.05, 4.69) is 36.0 Å². The molecular formula is C9H16N4OS. The number of aromatic amines is 1. The molecule has 0 aliphatic heterocycles. The summed E-state index contributed by atoms with van der Waals surface area (Å²) in [6.07, 6.45) is 1.38. The van der Waals surface area contributed by atoms with Gasteiger partial charge in [0.1, 0.15) is 6.33 Å². The fourth-order valence-corrected chi connectivity index (χ4v) is 1.60. The van der Waals surface area contributed by atoms with Crippen LogP contribution >= 0.6 is 11.8 Å². The van der Waals surface area contributed by atoms with Gasteiger partial charge in [0.25, 0.3) is 0 Å². The minimum atomic E-state index is 0.0201. The van der Waals surface area contributed by atoms with E-state index < -0.39 is 0 Å². The molecule has 0 aliphatic carbocycles. The summed E-state index contributed by atoms with van der Waals surface area (Å²) in [7, 11) is 1.69. The van der Waals surface area contributed by atoms with Gasteiger partial charge in [-0.15, -0.1) is 11.8 Å². The largest absolute Gasteiger partial charge is 0.284 e. The van der Waals surface area contributed by atoms with Crippen LogP contribution in [-0.4, -0.2) is 38.6 Å². The lowest BCUT2D eigenvalue weighted by atomic mass is 10.3. The van der Waals surface area contributed by atoms with Crippen molar-refractivity contribution in [3.8, 4) is 0 Å². The van der Waals surface area contributed by atoms with Gasteiger partial charge in [-0.3, -0.25) is 9.69 Å². The second kappa shape index (κ2) is 4.65. The maximum Gasteiger partial charge on any atom is 0.239 e. The Balaban J connectivity index is 2.48. The molecule has 15 heavy (non-hydrogen) atoms. The van der Waals surface area contributed by atoms with Crippen LogP contribution in [0, 0.1) is 0 Å². The number of nitrogens with zero attached hydrogens (tertiary/aromatic N) is 3. The van der Waals surface area contributed by atoms with Crippen LogP contribution in [0.2, 0.25) is 0 Å². The maximum atomic E-state index is 11.7. The molecule has 0 saturated carbocycles. The number of nitrogens with one attached hydrogen (secondary N) is 1. The number of aromatic nitrogens is 3. The molecule has 1 heterocycles. The number of thioether (sulfide) groups is 1. The lowest BCUT2D eigenvalue weighted by Gasteiger charge is -2.19. The molecule has 0 bridgehead atoms. The maximum absolute atomic E-state index is 11.7. The Bertz CT molecular complexity index is 317. The molecule has 1 aromatic heterocycles. The zero-order valence-corrected chi connectivity index (χ0v) is 10.3. The summed E-state index contributed by atoms with van der Waals surface area (Å²) in [5.74, 6) is 0.946. The summed E-state index contributed by atoms with van der Waals surface area (Å²) in [4.78, 5) is 17.1. The lowest BCUT2D eigenvalue weighted by molar-refractivity contribution is -0.115. The topological polar surface area (TPSA) is 61.9 Å². The van der Waals surface area contributed by atoms with Gasteiger partial charge in [-0.2, -0.15) is 10.1 Å². The molecule has 1 rings (SSSR count). The van der Waals surface area contributed by atoms with E-state index in [0.29, 0.717) is 11.7 Å². The number of carbonyl (C=O) groups excluding carboxylic acids is 1. The summed E-state index contributed by atoms with van der Waals surface area (Å²) >= 11 is 1.61. The summed E-state index contributed by atoms with van der Waals surface area (Å²) in [5, 5.41) is 6.35. The van der Waals surface area contributed by atoms with E-state index in [1.54, 1.807) is 18.8 Å². The molecule has 0 fully saturated rings. The molecule has 0 radical (unpaired) electrons. The first-order valence-electron chi connectivity index (χ1n) is 4.66. The van der Waals surface area contributed by atoms with Crippen molar-refractivity contribution in [2.24, 2.45) is 0 Å². The molecule has 0 saturated heterocycles. The van der Waals surface area contributed by atoms with Crippen LogP contribution < -0.4 is 4.90 Å². The van der Waals surface area contributed by atoms with E-state index >= 15 is 0 Å². The van der Waals surface area contributed by atoms with Crippen LogP contribution in [-0.2, 0) is 4.79 Å². The second-order valence-corrected chi connectivity index (χ2v) is 5.96. The number of H-pyrrole nitrogens is 1. The van der Waals surface area contributed by atoms with Crippen LogP contribution in [0.1, 0.15) is 20.8 Å². The third-order valence-electron chi connectivity index (χ3n) is 1.72. The van der Waals surface area contributed by atoms with Crippen LogP contribution in [0.15, 0.2) is 6.33 Å². The number of rotatable bonds is 3. The van der Waals surface area contributed by atoms with Gasteiger partial charge in [0.15, 0.2) is 0 Å². The Morgan fingerprint density at radius 2 is 2.27 bits per heavy atom. The highest BCUT2D eigenvalue weighted by molar-refractivity contribution is 8.01. The Hall–Kier alpha value is -1.04. The highest BCUT2D eigenvalue weighted by Gasteiger charge is 2.17. The van der Waals surface area contributed by atoms with Crippen molar-refractivity contribution in [3.05, 3.63) is 6.33 Å². The van der Waals surface area contributed by atoms with Gasteiger partial charge >= 0.3 is 0 Å². The fourth-order valence-electron chi connectivity index (χ4n) is 0.854. The van der Waals surface area contributed by atoms with Gasteiger partial charge < -0.3 is 0 Å². The molecule has 1 amide bonds. The van der Waals surface area contributed by atoms with Gasteiger partial charge in [-0.25, -0.2) is 5.10 Å². The van der Waals surface area contributed by atoms with Gasteiger partial charge in [0.2, 0.25) is 11.9 Å². The zero-order chi connectivity index (χ0) is 11.5. The molecule has 1 aromatic rings. The number of hydrogen-bond acceptors (Lipinski definition) is 4. The standard InChI is InChI=1S/C9H16N4OS/c1-9(2,3)15-5-7(14)13(4)8-10-6-11-12-8/h6H,5H2,1-4H3,(H,10,11,12). The number of anilines is 1. The van der Waals surface area contributed by atoms with Crippen LogP contribution in [0.3, 0.4) is 0 Å². The monoisotopic (exact) mass is 228 g/mol. The number of amides is 1. The van der Waals surface area contributed by atoms with Crippen molar-refractivity contribution in [2.75, 3.05) is 17.7 Å². The van der Waals surface area contributed by atoms with E-state index in [-0.39, 0.29) is 10.7 Å². The van der Waals surface area contributed by atoms with Crippen LogP contribution in [0.5, 0.6) is 0 Å². The van der Waals surface area contributed by atoms with Gasteiger partial charge in [0, 0.05) is 11.8 Å². The normalized spacial score (nSPS) is 11.5. The molecule has 5 nitrogen and oxygen atoms in total. The van der Waals surface area contributed by atoms with Gasteiger partial charge in [-0.05, 0) is 0 Å². The minimum Gasteiger partial charge on any atom is -0.284 e. The second-order valence-electron chi connectivity index (χ2n) is 4.16. The summed E-state index contributed by atoms with van der Waals surface area (Å²) in [6.45, 7) is 6.25. The van der Waals surface area contributed by atoms with Crippen molar-refractivity contribution in [2.45, 2.75) is 25.5 Å². The summed E-state index contributed by atoms with van der Waals surface area (Å²) < 4.78 is 0.0952. The summed E-state index contributed by atoms with van der Waals surface area (Å²) in [5.41, 5.74) is 0. The molecule has 0 spiro atoms. The van der Waals surface area contributed by atoms with Crippen LogP contribution in [0.25, 0.3) is 0 Å². The highest BCUT2D eigenvalue weighted by atomic mass is 32.2. The molecular weight excluding hydrogens is 212 g/mol. The summed E-state index contributed by atoms with van der Waals surface area (Å²) in [6, 6.07) is 0. The number of carbonyl (C=O) groups is 1. The van der Waals surface area contributed by atoms with Gasteiger partial charge in [0.05, 0.1) is 5.75 Å². The van der Waals surface area contributed by atoms with Crippen molar-refractivity contribution >= 4 is 23.6 Å². The predicted molar refractivity (Wildman–Crippen MR) is 62.0 cm³/mol. The van der Waals surface area contributed by atoms with Crippen molar-refractivity contribution in [3.63, 3.8) is 0 Å².